The van der Waals surface area contributed by atoms with Crippen LogP contribution >= 0.6 is 0 Å². The number of fused-ring (bicyclic) bond motifs is 1. The first-order valence-corrected chi connectivity index (χ1v) is 6.62. The summed E-state index contributed by atoms with van der Waals surface area (Å²) < 4.78 is 0. The van der Waals surface area contributed by atoms with Gasteiger partial charge >= 0.3 is 0 Å². The maximum atomic E-state index is 10.5. The minimum Gasteiger partial charge on any atom is -0.381 e. The molecule has 0 bridgehead atoms. The fraction of sp³-hybridized carbons (Fsp3) is 0.333. The molecule has 4 heteroatoms. The molecule has 1 aliphatic heterocycles. The molecule has 0 spiro atoms. The molecule has 1 aromatic carbocycles. The average Bonchev–Trinajstić information content (AvgIpc) is 2.86. The number of nitrogens with zero attached hydrogens (tertiary/aromatic N) is 2. The second kappa shape index (κ2) is 5.36. The molecule has 0 aliphatic carbocycles. The third-order valence-corrected chi connectivity index (χ3v) is 3.58. The summed E-state index contributed by atoms with van der Waals surface area (Å²) >= 11 is 0. The average molecular weight is 255 g/mol. The third kappa shape index (κ3) is 2.74. The van der Waals surface area contributed by atoms with Crippen molar-refractivity contribution in [1.29, 1.82) is 0 Å². The third-order valence-electron chi connectivity index (χ3n) is 3.58. The quantitative estimate of drug-likeness (QED) is 0.848. The molecule has 0 amide bonds. The fourth-order valence-corrected chi connectivity index (χ4v) is 2.62. The number of hydrogen-bond acceptors (Lipinski definition) is 4. The Morgan fingerprint density at radius 1 is 1.42 bits per heavy atom. The van der Waals surface area contributed by atoms with Gasteiger partial charge in [-0.1, -0.05) is 6.07 Å². The molecule has 4 nitrogen and oxygen atoms in total. The van der Waals surface area contributed by atoms with Gasteiger partial charge in [-0.15, -0.1) is 0 Å². The molecular formula is C15H17N3O. The molecule has 1 aliphatic rings. The van der Waals surface area contributed by atoms with Gasteiger partial charge in [0.05, 0.1) is 12.1 Å². The molecule has 19 heavy (non-hydrogen) atoms. The zero-order chi connectivity index (χ0) is 13.1. The van der Waals surface area contributed by atoms with E-state index in [0.29, 0.717) is 12.6 Å². The van der Waals surface area contributed by atoms with E-state index in [1.165, 1.54) is 0 Å². The molecule has 1 fully saturated rings. The Hall–Kier alpha value is -1.94. The number of aromatic nitrogens is 1. The van der Waals surface area contributed by atoms with E-state index in [4.69, 9.17) is 0 Å². The molecule has 3 rings (SSSR count). The maximum absolute atomic E-state index is 10.5. The molecule has 0 radical (unpaired) electrons. The lowest BCUT2D eigenvalue weighted by Crippen LogP contribution is -2.27. The van der Waals surface area contributed by atoms with Gasteiger partial charge in [-0.3, -0.25) is 9.88 Å². The fourth-order valence-electron chi connectivity index (χ4n) is 2.62. The lowest BCUT2D eigenvalue weighted by Gasteiger charge is -2.15. The number of nitrogens with one attached hydrogen (secondary N) is 1. The molecule has 0 saturated carbocycles. The first kappa shape index (κ1) is 12.1. The Morgan fingerprint density at radius 3 is 3.26 bits per heavy atom. The second-order valence-electron chi connectivity index (χ2n) is 4.97. The number of anilines is 1. The Kier molecular flexibility index (Phi) is 3.42. The standard InChI is InChI=1S/C15H17N3O/c19-9-8-18-7-5-14(11-18)17-13-3-4-15-12(10-13)2-1-6-16-15/h1-4,6,9-10,14,17H,5,7-8,11H2/t14-/m1/s1. The van der Waals surface area contributed by atoms with Crippen molar-refractivity contribution in [3.63, 3.8) is 0 Å². The summed E-state index contributed by atoms with van der Waals surface area (Å²) in [5.74, 6) is 0. The Balaban J connectivity index is 1.70. The molecule has 1 saturated heterocycles. The normalized spacial score (nSPS) is 19.7. The Bertz CT molecular complexity index is 584. The zero-order valence-corrected chi connectivity index (χ0v) is 10.7. The molecule has 1 aromatic heterocycles. The van der Waals surface area contributed by atoms with Crippen molar-refractivity contribution in [3.8, 4) is 0 Å². The highest BCUT2D eigenvalue weighted by Crippen LogP contribution is 2.20. The SMILES string of the molecule is O=CCN1CC[C@@H](Nc2ccc3ncccc3c2)C1. The summed E-state index contributed by atoms with van der Waals surface area (Å²) in [6.45, 7) is 2.47. The van der Waals surface area contributed by atoms with Crippen LogP contribution in [0.1, 0.15) is 6.42 Å². The van der Waals surface area contributed by atoms with E-state index in [9.17, 15) is 4.79 Å². The first-order valence-electron chi connectivity index (χ1n) is 6.62. The summed E-state index contributed by atoms with van der Waals surface area (Å²) in [6.07, 6.45) is 3.87. The summed E-state index contributed by atoms with van der Waals surface area (Å²) in [4.78, 5) is 17.0. The van der Waals surface area contributed by atoms with Crippen molar-refractivity contribution in [2.75, 3.05) is 25.0 Å². The largest absolute Gasteiger partial charge is 0.381 e. The van der Waals surface area contributed by atoms with Gasteiger partial charge < -0.3 is 10.1 Å². The monoisotopic (exact) mass is 255 g/mol. The van der Waals surface area contributed by atoms with E-state index >= 15 is 0 Å². The van der Waals surface area contributed by atoms with E-state index in [2.05, 4.69) is 33.4 Å². The van der Waals surface area contributed by atoms with Gasteiger partial charge in [0.15, 0.2) is 0 Å². The minimum atomic E-state index is 0.425. The van der Waals surface area contributed by atoms with Gasteiger partial charge in [-0.2, -0.15) is 0 Å². The van der Waals surface area contributed by atoms with Gasteiger partial charge in [-0.05, 0) is 30.7 Å². The molecule has 1 atom stereocenters. The molecule has 2 heterocycles. The van der Waals surface area contributed by atoms with Crippen LogP contribution in [0.15, 0.2) is 36.5 Å². The number of benzene rings is 1. The highest BCUT2D eigenvalue weighted by atomic mass is 16.1. The molecule has 2 aromatic rings. The first-order chi connectivity index (χ1) is 9.35. The van der Waals surface area contributed by atoms with Crippen LogP contribution in [0.4, 0.5) is 5.69 Å². The number of rotatable bonds is 4. The van der Waals surface area contributed by atoms with Crippen LogP contribution in [-0.4, -0.2) is 41.8 Å². The smallest absolute Gasteiger partial charge is 0.133 e. The van der Waals surface area contributed by atoms with Crippen LogP contribution in [-0.2, 0) is 4.79 Å². The van der Waals surface area contributed by atoms with Crippen LogP contribution in [0.2, 0.25) is 0 Å². The van der Waals surface area contributed by atoms with Crippen molar-refractivity contribution in [2.45, 2.75) is 12.5 Å². The van der Waals surface area contributed by atoms with Gasteiger partial charge in [0.1, 0.15) is 6.29 Å². The van der Waals surface area contributed by atoms with Gasteiger partial charge in [-0.25, -0.2) is 0 Å². The Morgan fingerprint density at radius 2 is 2.37 bits per heavy atom. The number of pyridine rings is 1. The van der Waals surface area contributed by atoms with Crippen molar-refractivity contribution < 1.29 is 4.79 Å². The molecule has 1 N–H and O–H groups in total. The highest BCUT2D eigenvalue weighted by molar-refractivity contribution is 5.82. The molecule has 0 unspecified atom stereocenters. The van der Waals surface area contributed by atoms with Gasteiger partial charge in [0, 0.05) is 36.4 Å². The van der Waals surface area contributed by atoms with E-state index in [1.54, 1.807) is 0 Å². The molecular weight excluding hydrogens is 238 g/mol. The molecule has 98 valence electrons. The summed E-state index contributed by atoms with van der Waals surface area (Å²) in [5.41, 5.74) is 2.14. The van der Waals surface area contributed by atoms with Crippen molar-refractivity contribution in [2.24, 2.45) is 0 Å². The van der Waals surface area contributed by atoms with Crippen LogP contribution in [0.25, 0.3) is 10.9 Å². The number of hydrogen-bond donors (Lipinski definition) is 1. The van der Waals surface area contributed by atoms with Crippen LogP contribution in [0.3, 0.4) is 0 Å². The van der Waals surface area contributed by atoms with Crippen LogP contribution < -0.4 is 5.32 Å². The van der Waals surface area contributed by atoms with Crippen LogP contribution in [0.5, 0.6) is 0 Å². The summed E-state index contributed by atoms with van der Waals surface area (Å²) in [7, 11) is 0. The Labute approximate surface area is 112 Å². The van der Waals surface area contributed by atoms with Crippen molar-refractivity contribution in [3.05, 3.63) is 36.5 Å². The topological polar surface area (TPSA) is 45.2 Å². The van der Waals surface area contributed by atoms with E-state index in [-0.39, 0.29) is 0 Å². The summed E-state index contributed by atoms with van der Waals surface area (Å²) in [6, 6.07) is 10.7. The lowest BCUT2D eigenvalue weighted by atomic mass is 10.2. The number of likely N-dealkylation sites (tertiary alicyclic amines) is 1. The van der Waals surface area contributed by atoms with E-state index in [1.807, 2.05) is 18.3 Å². The van der Waals surface area contributed by atoms with E-state index < -0.39 is 0 Å². The number of aldehydes is 1. The van der Waals surface area contributed by atoms with Crippen molar-refractivity contribution >= 4 is 22.9 Å². The predicted molar refractivity (Wildman–Crippen MR) is 76.3 cm³/mol. The highest BCUT2D eigenvalue weighted by Gasteiger charge is 2.21. The lowest BCUT2D eigenvalue weighted by molar-refractivity contribution is -0.108. The van der Waals surface area contributed by atoms with E-state index in [0.717, 1.165) is 42.4 Å². The van der Waals surface area contributed by atoms with Gasteiger partial charge in [0.2, 0.25) is 0 Å². The van der Waals surface area contributed by atoms with Crippen molar-refractivity contribution in [1.82, 2.24) is 9.88 Å². The maximum Gasteiger partial charge on any atom is 0.133 e. The van der Waals surface area contributed by atoms with Gasteiger partial charge in [0.25, 0.3) is 0 Å². The van der Waals surface area contributed by atoms with Crippen LogP contribution in [0, 0.1) is 0 Å². The zero-order valence-electron chi connectivity index (χ0n) is 10.7. The predicted octanol–water partition coefficient (Wildman–Crippen LogP) is 1.92. The second-order valence-corrected chi connectivity index (χ2v) is 4.97. The number of carbonyl (C=O) groups excluding carboxylic acids is 1. The summed E-state index contributed by atoms with van der Waals surface area (Å²) in [5, 5.41) is 4.68. The number of carbonyl (C=O) groups is 1. The minimum absolute atomic E-state index is 0.425.